The number of hydrogen-bond acceptors (Lipinski definition) is 6. The van der Waals surface area contributed by atoms with Crippen molar-refractivity contribution in [3.8, 4) is 0 Å². The van der Waals surface area contributed by atoms with E-state index in [1.165, 1.54) is 29.5 Å². The molecule has 2 aromatic heterocycles. The standard InChI is InChI=1S/C22H18FN3O3S2/c1-31(28,29)18-8-9-19-20(12-18)30-22(25-19)26(14-16-3-2-10-24-13-16)21(27)11-15-4-6-17(23)7-5-15/h2-10,12-13H,11,14H2,1H3. The van der Waals surface area contributed by atoms with Gasteiger partial charge in [-0.15, -0.1) is 0 Å². The summed E-state index contributed by atoms with van der Waals surface area (Å²) in [5.74, 6) is -0.575. The van der Waals surface area contributed by atoms with Crippen LogP contribution in [-0.2, 0) is 27.6 Å². The number of nitrogens with zero attached hydrogens (tertiary/aromatic N) is 3. The summed E-state index contributed by atoms with van der Waals surface area (Å²) in [4.78, 5) is 23.6. The van der Waals surface area contributed by atoms with E-state index >= 15 is 0 Å². The highest BCUT2D eigenvalue weighted by molar-refractivity contribution is 7.90. The molecule has 0 saturated carbocycles. The molecule has 0 unspecified atom stereocenters. The number of thiazole rings is 1. The number of rotatable bonds is 6. The fourth-order valence-corrected chi connectivity index (χ4v) is 4.79. The van der Waals surface area contributed by atoms with Crippen LogP contribution in [0, 0.1) is 5.82 Å². The molecule has 31 heavy (non-hydrogen) atoms. The van der Waals surface area contributed by atoms with Crippen LogP contribution in [0.5, 0.6) is 0 Å². The van der Waals surface area contributed by atoms with Gasteiger partial charge in [-0.2, -0.15) is 0 Å². The number of carbonyl (C=O) groups is 1. The first-order valence-corrected chi connectivity index (χ1v) is 12.0. The zero-order valence-electron chi connectivity index (χ0n) is 16.5. The summed E-state index contributed by atoms with van der Waals surface area (Å²) >= 11 is 1.25. The first-order valence-electron chi connectivity index (χ1n) is 9.34. The van der Waals surface area contributed by atoms with Crippen molar-refractivity contribution < 1.29 is 17.6 Å². The van der Waals surface area contributed by atoms with Gasteiger partial charge in [0.1, 0.15) is 5.82 Å². The summed E-state index contributed by atoms with van der Waals surface area (Å²) in [6, 6.07) is 14.1. The highest BCUT2D eigenvalue weighted by Crippen LogP contribution is 2.32. The van der Waals surface area contributed by atoms with Crippen molar-refractivity contribution in [1.29, 1.82) is 0 Å². The number of sulfone groups is 1. The van der Waals surface area contributed by atoms with Crippen LogP contribution >= 0.6 is 11.3 Å². The van der Waals surface area contributed by atoms with Gasteiger partial charge in [0, 0.05) is 18.6 Å². The van der Waals surface area contributed by atoms with Crippen LogP contribution in [0.4, 0.5) is 9.52 Å². The lowest BCUT2D eigenvalue weighted by atomic mass is 10.1. The third-order valence-electron chi connectivity index (χ3n) is 4.64. The van der Waals surface area contributed by atoms with Crippen LogP contribution in [0.1, 0.15) is 11.1 Å². The Kier molecular flexibility index (Phi) is 5.79. The maximum Gasteiger partial charge on any atom is 0.233 e. The van der Waals surface area contributed by atoms with Crippen LogP contribution in [0.25, 0.3) is 10.2 Å². The largest absolute Gasteiger partial charge is 0.283 e. The van der Waals surface area contributed by atoms with E-state index in [4.69, 9.17) is 0 Å². The second-order valence-corrected chi connectivity index (χ2v) is 10.1. The van der Waals surface area contributed by atoms with Gasteiger partial charge in [0.25, 0.3) is 0 Å². The minimum Gasteiger partial charge on any atom is -0.283 e. The molecular formula is C22H18FN3O3S2. The van der Waals surface area contributed by atoms with Gasteiger partial charge in [0.05, 0.1) is 28.1 Å². The molecule has 0 aliphatic rings. The van der Waals surface area contributed by atoms with Crippen LogP contribution < -0.4 is 4.90 Å². The summed E-state index contributed by atoms with van der Waals surface area (Å²) in [7, 11) is -3.35. The molecule has 158 valence electrons. The fraction of sp³-hybridized carbons (Fsp3) is 0.136. The molecule has 0 aliphatic carbocycles. The van der Waals surface area contributed by atoms with Gasteiger partial charge in [-0.1, -0.05) is 29.5 Å². The topological polar surface area (TPSA) is 80.2 Å². The van der Waals surface area contributed by atoms with Crippen molar-refractivity contribution in [2.75, 3.05) is 11.2 Å². The predicted molar refractivity (Wildman–Crippen MR) is 118 cm³/mol. The van der Waals surface area contributed by atoms with Crippen molar-refractivity contribution in [3.63, 3.8) is 0 Å². The van der Waals surface area contributed by atoms with Crippen molar-refractivity contribution in [1.82, 2.24) is 9.97 Å². The lowest BCUT2D eigenvalue weighted by molar-refractivity contribution is -0.118. The van der Waals surface area contributed by atoms with Crippen LogP contribution in [0.3, 0.4) is 0 Å². The Hall–Kier alpha value is -3.17. The summed E-state index contributed by atoms with van der Waals surface area (Å²) in [6.45, 7) is 0.257. The zero-order valence-corrected chi connectivity index (χ0v) is 18.2. The molecule has 2 aromatic carbocycles. The third-order valence-corrected chi connectivity index (χ3v) is 6.79. The normalized spacial score (nSPS) is 11.5. The molecule has 1 amide bonds. The van der Waals surface area contributed by atoms with Crippen LogP contribution in [0.2, 0.25) is 0 Å². The molecule has 0 aliphatic heterocycles. The number of amides is 1. The first-order chi connectivity index (χ1) is 14.8. The van der Waals surface area contributed by atoms with E-state index in [-0.39, 0.29) is 29.6 Å². The van der Waals surface area contributed by atoms with E-state index in [0.29, 0.717) is 20.9 Å². The van der Waals surface area contributed by atoms with Gasteiger partial charge in [0.15, 0.2) is 15.0 Å². The monoisotopic (exact) mass is 455 g/mol. The summed E-state index contributed by atoms with van der Waals surface area (Å²) in [5, 5.41) is 0.455. The average Bonchev–Trinajstić information content (AvgIpc) is 3.16. The highest BCUT2D eigenvalue weighted by atomic mass is 32.2. The van der Waals surface area contributed by atoms with Gasteiger partial charge in [-0.25, -0.2) is 17.8 Å². The molecule has 0 fully saturated rings. The molecule has 0 spiro atoms. The molecule has 0 saturated heterocycles. The predicted octanol–water partition coefficient (Wildman–Crippen LogP) is 4.01. The van der Waals surface area contributed by atoms with Gasteiger partial charge in [0.2, 0.25) is 5.91 Å². The molecule has 6 nitrogen and oxygen atoms in total. The van der Waals surface area contributed by atoms with E-state index in [1.54, 1.807) is 47.6 Å². The smallest absolute Gasteiger partial charge is 0.233 e. The van der Waals surface area contributed by atoms with Gasteiger partial charge in [-0.05, 0) is 47.5 Å². The number of hydrogen-bond donors (Lipinski definition) is 0. The second kappa shape index (κ2) is 8.52. The number of pyridine rings is 1. The van der Waals surface area contributed by atoms with E-state index in [2.05, 4.69) is 9.97 Å². The Morgan fingerprint density at radius 1 is 1.10 bits per heavy atom. The van der Waals surface area contributed by atoms with Crippen LogP contribution in [-0.4, -0.2) is 30.5 Å². The summed E-state index contributed by atoms with van der Waals surface area (Å²) in [6.07, 6.45) is 4.55. The summed E-state index contributed by atoms with van der Waals surface area (Å²) < 4.78 is 37.6. The Labute approximate surface area is 182 Å². The molecule has 0 bridgehead atoms. The minimum absolute atomic E-state index is 0.0745. The number of carbonyl (C=O) groups excluding carboxylic acids is 1. The quantitative estimate of drug-likeness (QED) is 0.439. The Morgan fingerprint density at radius 3 is 2.55 bits per heavy atom. The molecule has 2 heterocycles. The molecular weight excluding hydrogens is 437 g/mol. The Morgan fingerprint density at radius 2 is 1.87 bits per heavy atom. The maximum atomic E-state index is 13.2. The van der Waals surface area contributed by atoms with Crippen molar-refractivity contribution >= 4 is 42.4 Å². The van der Waals surface area contributed by atoms with Gasteiger partial charge < -0.3 is 0 Å². The summed E-state index contributed by atoms with van der Waals surface area (Å²) in [5.41, 5.74) is 2.12. The van der Waals surface area contributed by atoms with Crippen LogP contribution in [0.15, 0.2) is 71.9 Å². The number of halogens is 1. The number of benzene rings is 2. The van der Waals surface area contributed by atoms with E-state index in [1.807, 2.05) is 6.07 Å². The minimum atomic E-state index is -3.35. The molecule has 0 N–H and O–H groups in total. The first kappa shape index (κ1) is 21.1. The fourth-order valence-electron chi connectivity index (χ4n) is 3.05. The maximum absolute atomic E-state index is 13.2. The van der Waals surface area contributed by atoms with E-state index in [0.717, 1.165) is 11.8 Å². The number of aromatic nitrogens is 2. The molecule has 4 aromatic rings. The molecule has 4 rings (SSSR count). The molecule has 9 heteroatoms. The van der Waals surface area contributed by atoms with E-state index in [9.17, 15) is 17.6 Å². The molecule has 0 radical (unpaired) electrons. The van der Waals surface area contributed by atoms with Gasteiger partial charge in [-0.3, -0.25) is 14.7 Å². The lowest BCUT2D eigenvalue weighted by Gasteiger charge is -2.20. The number of anilines is 1. The molecule has 0 atom stereocenters. The highest BCUT2D eigenvalue weighted by Gasteiger charge is 2.21. The van der Waals surface area contributed by atoms with E-state index < -0.39 is 9.84 Å². The SMILES string of the molecule is CS(=O)(=O)c1ccc2nc(N(Cc3cccnc3)C(=O)Cc3ccc(F)cc3)sc2c1. The Balaban J connectivity index is 1.71. The van der Waals surface area contributed by atoms with Crippen molar-refractivity contribution in [3.05, 3.63) is 83.9 Å². The Bertz CT molecular complexity index is 1340. The van der Waals surface area contributed by atoms with Crippen molar-refractivity contribution in [2.45, 2.75) is 17.9 Å². The van der Waals surface area contributed by atoms with Gasteiger partial charge >= 0.3 is 0 Å². The van der Waals surface area contributed by atoms with Crippen molar-refractivity contribution in [2.24, 2.45) is 0 Å². The number of fused-ring (bicyclic) bond motifs is 1. The average molecular weight is 456 g/mol. The lowest BCUT2D eigenvalue weighted by Crippen LogP contribution is -2.31. The second-order valence-electron chi connectivity index (χ2n) is 7.04. The zero-order chi connectivity index (χ0) is 22.0. The third kappa shape index (κ3) is 4.95.